The summed E-state index contributed by atoms with van der Waals surface area (Å²) in [6.07, 6.45) is 0.564. The van der Waals surface area contributed by atoms with Crippen LogP contribution >= 0.6 is 0 Å². The quantitative estimate of drug-likeness (QED) is 0.827. The summed E-state index contributed by atoms with van der Waals surface area (Å²) in [6, 6.07) is 5.53. The second-order valence-electron chi connectivity index (χ2n) is 4.91. The van der Waals surface area contributed by atoms with E-state index in [1.807, 2.05) is 0 Å². The summed E-state index contributed by atoms with van der Waals surface area (Å²) in [4.78, 5) is 22.0. The van der Waals surface area contributed by atoms with Gasteiger partial charge in [0.25, 0.3) is 0 Å². The number of carboxylic acids is 1. The first kappa shape index (κ1) is 15.5. The number of carbonyl (C=O) groups excluding carboxylic acids is 1. The Kier molecular flexibility index (Phi) is 4.29. The number of amides is 1. The predicted octanol–water partition coefficient (Wildman–Crippen LogP) is 0.271. The van der Waals surface area contributed by atoms with Crippen molar-refractivity contribution in [1.29, 1.82) is 0 Å². The Hall–Kier alpha value is -1.93. The molecule has 1 aliphatic rings. The topological polar surface area (TPSA) is 118 Å². The highest BCUT2D eigenvalue weighted by Crippen LogP contribution is 2.24. The van der Waals surface area contributed by atoms with Gasteiger partial charge in [-0.3, -0.25) is 9.59 Å². The highest BCUT2D eigenvalue weighted by atomic mass is 32.2. The predicted molar refractivity (Wildman–Crippen MR) is 74.1 cm³/mol. The van der Waals surface area contributed by atoms with Gasteiger partial charge in [-0.05, 0) is 31.0 Å². The SMILES string of the molecule is NC(=O)c1cccc(S(=O)(=O)N2CCC(C(=O)O)CC2)c1. The van der Waals surface area contributed by atoms with Crippen molar-refractivity contribution in [3.63, 3.8) is 0 Å². The minimum atomic E-state index is -3.73. The van der Waals surface area contributed by atoms with Gasteiger partial charge < -0.3 is 10.8 Å². The molecule has 1 fully saturated rings. The number of nitrogens with two attached hydrogens (primary N) is 1. The first-order valence-corrected chi connectivity index (χ1v) is 7.89. The first-order chi connectivity index (χ1) is 9.82. The smallest absolute Gasteiger partial charge is 0.306 e. The third-order valence-electron chi connectivity index (χ3n) is 3.56. The Balaban J connectivity index is 2.21. The highest BCUT2D eigenvalue weighted by Gasteiger charge is 2.32. The normalized spacial score (nSPS) is 17.5. The van der Waals surface area contributed by atoms with Crippen LogP contribution in [0.5, 0.6) is 0 Å². The third kappa shape index (κ3) is 3.22. The molecule has 21 heavy (non-hydrogen) atoms. The lowest BCUT2D eigenvalue weighted by Crippen LogP contribution is -2.40. The minimum Gasteiger partial charge on any atom is -0.481 e. The summed E-state index contributed by atoms with van der Waals surface area (Å²) in [5, 5.41) is 8.92. The zero-order chi connectivity index (χ0) is 15.6. The van der Waals surface area contributed by atoms with E-state index in [1.165, 1.54) is 28.6 Å². The van der Waals surface area contributed by atoms with Crippen molar-refractivity contribution in [3.05, 3.63) is 29.8 Å². The van der Waals surface area contributed by atoms with E-state index in [2.05, 4.69) is 0 Å². The van der Waals surface area contributed by atoms with Crippen LogP contribution in [0.1, 0.15) is 23.2 Å². The van der Waals surface area contributed by atoms with Gasteiger partial charge in [-0.2, -0.15) is 4.31 Å². The van der Waals surface area contributed by atoms with Gasteiger partial charge in [-0.25, -0.2) is 8.42 Å². The van der Waals surface area contributed by atoms with Gasteiger partial charge in [0.2, 0.25) is 15.9 Å². The van der Waals surface area contributed by atoms with Crippen molar-refractivity contribution in [1.82, 2.24) is 4.31 Å². The fraction of sp³-hybridized carbons (Fsp3) is 0.385. The molecule has 3 N–H and O–H groups in total. The lowest BCUT2D eigenvalue weighted by atomic mass is 9.99. The number of hydrogen-bond donors (Lipinski definition) is 2. The molecule has 1 heterocycles. The molecule has 1 amide bonds. The molecule has 0 spiro atoms. The first-order valence-electron chi connectivity index (χ1n) is 6.45. The largest absolute Gasteiger partial charge is 0.481 e. The second-order valence-corrected chi connectivity index (χ2v) is 6.85. The van der Waals surface area contributed by atoms with Crippen molar-refractivity contribution in [2.45, 2.75) is 17.7 Å². The van der Waals surface area contributed by atoms with E-state index in [4.69, 9.17) is 10.8 Å². The molecule has 0 bridgehead atoms. The second kappa shape index (κ2) is 5.82. The van der Waals surface area contributed by atoms with Gasteiger partial charge in [0.15, 0.2) is 0 Å². The Morgan fingerprint density at radius 3 is 2.38 bits per heavy atom. The number of rotatable bonds is 4. The van der Waals surface area contributed by atoms with Gasteiger partial charge >= 0.3 is 5.97 Å². The van der Waals surface area contributed by atoms with Crippen LogP contribution in [0, 0.1) is 5.92 Å². The average Bonchev–Trinajstić information content (AvgIpc) is 2.47. The molecule has 0 unspecified atom stereocenters. The molecule has 1 aliphatic heterocycles. The summed E-state index contributed by atoms with van der Waals surface area (Å²) in [6.45, 7) is 0.306. The lowest BCUT2D eigenvalue weighted by Gasteiger charge is -2.29. The van der Waals surface area contributed by atoms with Crippen LogP contribution in [0.15, 0.2) is 29.2 Å². The molecule has 2 rings (SSSR count). The maximum atomic E-state index is 12.5. The Morgan fingerprint density at radius 2 is 1.86 bits per heavy atom. The molecule has 1 aromatic rings. The number of nitrogens with zero attached hydrogens (tertiary/aromatic N) is 1. The number of carbonyl (C=O) groups is 2. The molecular weight excluding hydrogens is 296 g/mol. The molecule has 114 valence electrons. The van der Waals surface area contributed by atoms with Crippen molar-refractivity contribution in [3.8, 4) is 0 Å². The van der Waals surface area contributed by atoms with Crippen LogP contribution in [-0.2, 0) is 14.8 Å². The molecule has 1 aromatic carbocycles. The van der Waals surface area contributed by atoms with Crippen LogP contribution in [0.2, 0.25) is 0 Å². The van der Waals surface area contributed by atoms with Crippen LogP contribution in [0.25, 0.3) is 0 Å². The van der Waals surface area contributed by atoms with Gasteiger partial charge in [-0.1, -0.05) is 6.07 Å². The van der Waals surface area contributed by atoms with Crippen molar-refractivity contribution < 1.29 is 23.1 Å². The molecule has 0 atom stereocenters. The molecule has 0 aromatic heterocycles. The third-order valence-corrected chi connectivity index (χ3v) is 5.45. The van der Waals surface area contributed by atoms with E-state index in [1.54, 1.807) is 0 Å². The number of piperidine rings is 1. The Morgan fingerprint density at radius 1 is 1.24 bits per heavy atom. The van der Waals surface area contributed by atoms with Crippen LogP contribution in [0.3, 0.4) is 0 Å². The van der Waals surface area contributed by atoms with Crippen molar-refractivity contribution in [2.24, 2.45) is 11.7 Å². The summed E-state index contributed by atoms with van der Waals surface area (Å²) in [5.41, 5.74) is 5.27. The molecule has 0 saturated carbocycles. The molecule has 7 nitrogen and oxygen atoms in total. The number of carboxylic acid groups (broad SMARTS) is 1. The number of sulfonamides is 1. The Bertz CT molecular complexity index is 663. The zero-order valence-electron chi connectivity index (χ0n) is 11.2. The summed E-state index contributed by atoms with van der Waals surface area (Å²) >= 11 is 0. The molecule has 1 saturated heterocycles. The number of hydrogen-bond acceptors (Lipinski definition) is 4. The van der Waals surface area contributed by atoms with Crippen LogP contribution < -0.4 is 5.73 Å². The Labute approximate surface area is 122 Å². The number of aliphatic carboxylic acids is 1. The van der Waals surface area contributed by atoms with Crippen molar-refractivity contribution >= 4 is 21.9 Å². The van der Waals surface area contributed by atoms with E-state index in [9.17, 15) is 18.0 Å². The fourth-order valence-corrected chi connectivity index (χ4v) is 3.82. The number of benzene rings is 1. The van der Waals surface area contributed by atoms with E-state index in [0.717, 1.165) is 0 Å². The lowest BCUT2D eigenvalue weighted by molar-refractivity contribution is -0.142. The van der Waals surface area contributed by atoms with Crippen molar-refractivity contribution in [2.75, 3.05) is 13.1 Å². The standard InChI is InChI=1S/C13H16N2O5S/c14-12(16)10-2-1-3-11(8-10)21(19,20)15-6-4-9(5-7-15)13(17)18/h1-3,8-9H,4-7H2,(H2,14,16)(H,17,18). The van der Waals surface area contributed by atoms with Crippen LogP contribution in [-0.4, -0.2) is 42.8 Å². The molecule has 8 heteroatoms. The maximum Gasteiger partial charge on any atom is 0.306 e. The van der Waals surface area contributed by atoms with Gasteiger partial charge in [0, 0.05) is 18.7 Å². The highest BCUT2D eigenvalue weighted by molar-refractivity contribution is 7.89. The maximum absolute atomic E-state index is 12.5. The summed E-state index contributed by atoms with van der Waals surface area (Å²) in [5.74, 6) is -2.10. The van der Waals surface area contributed by atoms with Gasteiger partial charge in [0.05, 0.1) is 10.8 Å². The fourth-order valence-electron chi connectivity index (χ4n) is 2.30. The van der Waals surface area contributed by atoms with Crippen LogP contribution in [0.4, 0.5) is 0 Å². The van der Waals surface area contributed by atoms with E-state index in [0.29, 0.717) is 0 Å². The minimum absolute atomic E-state index is 0.00687. The molecular formula is C13H16N2O5S. The molecule has 0 radical (unpaired) electrons. The summed E-state index contributed by atoms with van der Waals surface area (Å²) in [7, 11) is -3.73. The number of primary amides is 1. The summed E-state index contributed by atoms with van der Waals surface area (Å²) < 4.78 is 26.2. The monoisotopic (exact) mass is 312 g/mol. The molecule has 0 aliphatic carbocycles. The van der Waals surface area contributed by atoms with E-state index in [-0.39, 0.29) is 36.4 Å². The zero-order valence-corrected chi connectivity index (χ0v) is 12.0. The van der Waals surface area contributed by atoms with Gasteiger partial charge in [-0.15, -0.1) is 0 Å². The van der Waals surface area contributed by atoms with E-state index < -0.39 is 27.8 Å². The van der Waals surface area contributed by atoms with E-state index >= 15 is 0 Å². The van der Waals surface area contributed by atoms with Gasteiger partial charge in [0.1, 0.15) is 0 Å². The average molecular weight is 312 g/mol.